The number of amides is 1. The fourth-order valence-corrected chi connectivity index (χ4v) is 2.55. The fourth-order valence-electron chi connectivity index (χ4n) is 2.55. The van der Waals surface area contributed by atoms with Crippen LogP contribution in [0.3, 0.4) is 0 Å². The third-order valence-electron chi connectivity index (χ3n) is 3.53. The molecule has 0 saturated carbocycles. The van der Waals surface area contributed by atoms with E-state index in [9.17, 15) is 4.79 Å². The van der Waals surface area contributed by atoms with Crippen LogP contribution < -0.4 is 0 Å². The fraction of sp³-hybridized carbons (Fsp3) is 0.533. The van der Waals surface area contributed by atoms with Gasteiger partial charge in [-0.15, -0.1) is 0 Å². The summed E-state index contributed by atoms with van der Waals surface area (Å²) >= 11 is 0. The van der Waals surface area contributed by atoms with Gasteiger partial charge in [0.25, 0.3) is 0 Å². The number of imidazole rings is 1. The zero-order valence-corrected chi connectivity index (χ0v) is 12.6. The average Bonchev–Trinajstić information content (AvgIpc) is 3.03. The number of pyridine rings is 1. The highest BCUT2D eigenvalue weighted by Crippen LogP contribution is 2.27. The van der Waals surface area contributed by atoms with Crippen LogP contribution >= 0.6 is 0 Å². The van der Waals surface area contributed by atoms with Crippen LogP contribution in [0.25, 0.3) is 11.0 Å². The molecule has 0 aromatic carbocycles. The second kappa shape index (κ2) is 5.02. The van der Waals surface area contributed by atoms with Crippen molar-refractivity contribution in [2.45, 2.75) is 38.7 Å². The Balaban J connectivity index is 1.70. The highest BCUT2D eigenvalue weighted by atomic mass is 16.6. The first-order valence-corrected chi connectivity index (χ1v) is 7.20. The summed E-state index contributed by atoms with van der Waals surface area (Å²) in [5.41, 5.74) is 1.39. The molecule has 21 heavy (non-hydrogen) atoms. The van der Waals surface area contributed by atoms with Crippen LogP contribution in [0.2, 0.25) is 0 Å². The molecule has 1 atom stereocenters. The lowest BCUT2D eigenvalue weighted by Crippen LogP contribution is -2.35. The van der Waals surface area contributed by atoms with Crippen LogP contribution in [0.4, 0.5) is 4.79 Å². The quantitative estimate of drug-likeness (QED) is 0.875. The van der Waals surface area contributed by atoms with E-state index in [1.165, 1.54) is 0 Å². The van der Waals surface area contributed by atoms with Gasteiger partial charge in [0.1, 0.15) is 11.4 Å². The van der Waals surface area contributed by atoms with Gasteiger partial charge in [0.2, 0.25) is 0 Å². The maximum atomic E-state index is 12.1. The number of ether oxygens (including phenoxy) is 1. The van der Waals surface area contributed by atoms with Crippen molar-refractivity contribution < 1.29 is 9.53 Å². The van der Waals surface area contributed by atoms with E-state index in [1.54, 1.807) is 17.3 Å². The number of nitrogens with one attached hydrogen (secondary N) is 1. The minimum absolute atomic E-state index is 0.227. The van der Waals surface area contributed by atoms with Crippen molar-refractivity contribution in [3.8, 4) is 0 Å². The van der Waals surface area contributed by atoms with Crippen molar-refractivity contribution in [2.24, 2.45) is 0 Å². The highest BCUT2D eigenvalue weighted by molar-refractivity contribution is 5.73. The molecule has 2 aromatic heterocycles. The van der Waals surface area contributed by atoms with E-state index < -0.39 is 5.60 Å². The number of hydrogen-bond acceptors (Lipinski definition) is 4. The molecule has 0 spiro atoms. The molecule has 112 valence electrons. The second-order valence-corrected chi connectivity index (χ2v) is 6.43. The van der Waals surface area contributed by atoms with Gasteiger partial charge >= 0.3 is 6.09 Å². The Labute approximate surface area is 123 Å². The Kier molecular flexibility index (Phi) is 3.31. The van der Waals surface area contributed by atoms with Crippen molar-refractivity contribution in [1.82, 2.24) is 19.9 Å². The predicted molar refractivity (Wildman–Crippen MR) is 79.1 cm³/mol. The standard InChI is InChI=1S/C15H20N4O2/c1-15(2,3)21-14(20)19-7-5-10(9-19)13-17-11-4-6-16-8-12(11)18-13/h4,6,8,10H,5,7,9H2,1-3H3,(H,17,18). The first kappa shape index (κ1) is 13.9. The SMILES string of the molecule is CC(C)(C)OC(=O)N1CCC(c2nc3ccncc3[nH]2)C1. The summed E-state index contributed by atoms with van der Waals surface area (Å²) < 4.78 is 5.41. The van der Waals surface area contributed by atoms with Crippen molar-refractivity contribution in [2.75, 3.05) is 13.1 Å². The van der Waals surface area contributed by atoms with Gasteiger partial charge in [-0.1, -0.05) is 0 Å². The summed E-state index contributed by atoms with van der Waals surface area (Å²) in [5, 5.41) is 0. The number of H-pyrrole nitrogens is 1. The lowest BCUT2D eigenvalue weighted by molar-refractivity contribution is 0.0292. The second-order valence-electron chi connectivity index (χ2n) is 6.43. The van der Waals surface area contributed by atoms with Crippen LogP contribution in [0.5, 0.6) is 0 Å². The molecule has 1 amide bonds. The smallest absolute Gasteiger partial charge is 0.410 e. The largest absolute Gasteiger partial charge is 0.444 e. The van der Waals surface area contributed by atoms with Crippen LogP contribution in [0, 0.1) is 0 Å². The molecule has 1 saturated heterocycles. The van der Waals surface area contributed by atoms with E-state index in [-0.39, 0.29) is 12.0 Å². The average molecular weight is 288 g/mol. The van der Waals surface area contributed by atoms with Gasteiger partial charge in [0.15, 0.2) is 0 Å². The summed E-state index contributed by atoms with van der Waals surface area (Å²) in [7, 11) is 0. The maximum absolute atomic E-state index is 12.1. The molecule has 3 rings (SSSR count). The number of likely N-dealkylation sites (tertiary alicyclic amines) is 1. The highest BCUT2D eigenvalue weighted by Gasteiger charge is 2.31. The number of nitrogens with zero attached hydrogens (tertiary/aromatic N) is 3. The molecular weight excluding hydrogens is 268 g/mol. The van der Waals surface area contributed by atoms with Gasteiger partial charge in [0.05, 0.1) is 17.2 Å². The summed E-state index contributed by atoms with van der Waals surface area (Å²) in [4.78, 5) is 25.8. The minimum atomic E-state index is -0.458. The monoisotopic (exact) mass is 288 g/mol. The Morgan fingerprint density at radius 2 is 2.29 bits per heavy atom. The first-order chi connectivity index (χ1) is 9.92. The third-order valence-corrected chi connectivity index (χ3v) is 3.53. The van der Waals surface area contributed by atoms with Crippen molar-refractivity contribution in [1.29, 1.82) is 0 Å². The molecule has 1 aliphatic rings. The Morgan fingerprint density at radius 3 is 3.00 bits per heavy atom. The van der Waals surface area contributed by atoms with Crippen LogP contribution in [0.15, 0.2) is 18.5 Å². The lowest BCUT2D eigenvalue weighted by Gasteiger charge is -2.24. The summed E-state index contributed by atoms with van der Waals surface area (Å²) in [5.74, 6) is 1.15. The van der Waals surface area contributed by atoms with Gasteiger partial charge in [-0.3, -0.25) is 4.98 Å². The maximum Gasteiger partial charge on any atom is 0.410 e. The first-order valence-electron chi connectivity index (χ1n) is 7.20. The van der Waals surface area contributed by atoms with Crippen LogP contribution in [-0.4, -0.2) is 44.6 Å². The normalized spacial score (nSPS) is 19.2. The van der Waals surface area contributed by atoms with Gasteiger partial charge in [0, 0.05) is 25.2 Å². The van der Waals surface area contributed by atoms with Crippen molar-refractivity contribution >= 4 is 17.1 Å². The van der Waals surface area contributed by atoms with E-state index in [2.05, 4.69) is 15.0 Å². The van der Waals surface area contributed by atoms with E-state index in [0.717, 1.165) is 23.3 Å². The summed E-state index contributed by atoms with van der Waals surface area (Å²) in [6.07, 6.45) is 4.15. The number of fused-ring (bicyclic) bond motifs is 1. The molecular formula is C15H20N4O2. The lowest BCUT2D eigenvalue weighted by atomic mass is 10.1. The number of carbonyl (C=O) groups excluding carboxylic acids is 1. The predicted octanol–water partition coefficient (Wildman–Crippen LogP) is 2.68. The molecule has 1 unspecified atom stereocenters. The molecule has 3 heterocycles. The number of hydrogen-bond donors (Lipinski definition) is 1. The molecule has 1 fully saturated rings. The van der Waals surface area contributed by atoms with Gasteiger partial charge < -0.3 is 14.6 Å². The topological polar surface area (TPSA) is 71.1 Å². The number of carbonyl (C=O) groups is 1. The summed E-state index contributed by atoms with van der Waals surface area (Å²) in [6, 6.07) is 1.88. The Morgan fingerprint density at radius 1 is 1.48 bits per heavy atom. The minimum Gasteiger partial charge on any atom is -0.444 e. The molecule has 0 radical (unpaired) electrons. The van der Waals surface area contributed by atoms with Gasteiger partial charge in [-0.25, -0.2) is 9.78 Å². The molecule has 1 aliphatic heterocycles. The van der Waals surface area contributed by atoms with Crippen LogP contribution in [-0.2, 0) is 4.74 Å². The molecule has 2 aromatic rings. The van der Waals surface area contributed by atoms with Crippen LogP contribution in [0.1, 0.15) is 38.9 Å². The number of aromatic nitrogens is 3. The molecule has 6 heteroatoms. The van der Waals surface area contributed by atoms with Gasteiger partial charge in [-0.05, 0) is 33.3 Å². The Bertz CT molecular complexity index is 626. The summed E-state index contributed by atoms with van der Waals surface area (Å²) in [6.45, 7) is 6.98. The Hall–Kier alpha value is -2.11. The number of aromatic amines is 1. The third kappa shape index (κ3) is 2.99. The van der Waals surface area contributed by atoms with E-state index in [4.69, 9.17) is 4.74 Å². The van der Waals surface area contributed by atoms with E-state index in [0.29, 0.717) is 13.1 Å². The van der Waals surface area contributed by atoms with E-state index >= 15 is 0 Å². The van der Waals surface area contributed by atoms with Gasteiger partial charge in [-0.2, -0.15) is 0 Å². The molecule has 1 N–H and O–H groups in total. The van der Waals surface area contributed by atoms with E-state index in [1.807, 2.05) is 26.8 Å². The zero-order valence-electron chi connectivity index (χ0n) is 12.6. The molecule has 0 bridgehead atoms. The zero-order chi connectivity index (χ0) is 15.0. The van der Waals surface area contributed by atoms with Crippen molar-refractivity contribution in [3.63, 3.8) is 0 Å². The molecule has 0 aliphatic carbocycles. The number of rotatable bonds is 1. The molecule has 6 nitrogen and oxygen atoms in total. The van der Waals surface area contributed by atoms with Crippen molar-refractivity contribution in [3.05, 3.63) is 24.3 Å².